The minimum absolute atomic E-state index is 0.0117. The molecule has 3 rings (SSSR count). The molecule has 0 heterocycles. The molecule has 0 saturated heterocycles. The van der Waals surface area contributed by atoms with Crippen molar-refractivity contribution in [2.24, 2.45) is 5.41 Å². The fourth-order valence-electron chi connectivity index (χ4n) is 3.83. The smallest absolute Gasteiger partial charge is 0.166 e. The number of ketones is 1. The van der Waals surface area contributed by atoms with Crippen LogP contribution in [0.4, 0.5) is 8.78 Å². The molecule has 0 aliphatic rings. The van der Waals surface area contributed by atoms with Gasteiger partial charge in [0.2, 0.25) is 0 Å². The van der Waals surface area contributed by atoms with E-state index in [2.05, 4.69) is 6.07 Å². The Hall–Kier alpha value is -3.11. The molecule has 0 saturated carbocycles. The maximum Gasteiger partial charge on any atom is 0.166 e. The first-order chi connectivity index (χ1) is 15.7. The average Bonchev–Trinajstić information content (AvgIpc) is 2.80. The fourth-order valence-corrected chi connectivity index (χ4v) is 3.83. The van der Waals surface area contributed by atoms with E-state index in [9.17, 15) is 18.7 Å². The second-order valence-electron chi connectivity index (χ2n) is 8.92. The second kappa shape index (κ2) is 10.2. The topological polar surface area (TPSA) is 37.3 Å². The Morgan fingerprint density at radius 3 is 2.33 bits per heavy atom. The zero-order valence-corrected chi connectivity index (χ0v) is 19.6. The van der Waals surface area contributed by atoms with Crippen molar-refractivity contribution in [3.05, 3.63) is 94.0 Å². The standard InChI is InChI=1S/C29H30F2O2/c1-19-11-12-22(15-16-29(4,18-32)21(3)33)17-24(19)14-13-23-7-5-8-25(20(23)2)26-9-6-10-27(30)28(26)31/h5-14,17,32H,15-16,18H2,1-4H3/b14-13+. The summed E-state index contributed by atoms with van der Waals surface area (Å²) in [6.07, 6.45) is 5.26. The zero-order valence-electron chi connectivity index (χ0n) is 19.6. The predicted octanol–water partition coefficient (Wildman–Crippen LogP) is 6.94. The number of hydrogen-bond donors (Lipinski definition) is 1. The summed E-state index contributed by atoms with van der Waals surface area (Å²) in [6, 6.07) is 16.0. The van der Waals surface area contributed by atoms with Crippen molar-refractivity contribution >= 4 is 17.9 Å². The Balaban J connectivity index is 1.88. The van der Waals surface area contributed by atoms with Gasteiger partial charge in [-0.25, -0.2) is 8.78 Å². The Bertz CT molecular complexity index is 1200. The number of benzene rings is 3. The molecule has 0 spiro atoms. The summed E-state index contributed by atoms with van der Waals surface area (Å²) in [5.74, 6) is -1.71. The quantitative estimate of drug-likeness (QED) is 0.379. The summed E-state index contributed by atoms with van der Waals surface area (Å²) in [4.78, 5) is 11.9. The van der Waals surface area contributed by atoms with E-state index in [0.29, 0.717) is 18.4 Å². The van der Waals surface area contributed by atoms with Gasteiger partial charge in [0.1, 0.15) is 5.78 Å². The first kappa shape index (κ1) is 24.5. The highest BCUT2D eigenvalue weighted by molar-refractivity contribution is 5.82. The monoisotopic (exact) mass is 448 g/mol. The largest absolute Gasteiger partial charge is 0.395 e. The molecule has 33 heavy (non-hydrogen) atoms. The van der Waals surface area contributed by atoms with Crippen molar-refractivity contribution in [3.63, 3.8) is 0 Å². The van der Waals surface area contributed by atoms with Crippen molar-refractivity contribution in [1.82, 2.24) is 0 Å². The zero-order chi connectivity index (χ0) is 24.2. The number of Topliss-reactive ketones (excluding diaryl/α,β-unsaturated/α-hetero) is 1. The Kier molecular flexibility index (Phi) is 7.60. The van der Waals surface area contributed by atoms with Crippen molar-refractivity contribution < 1.29 is 18.7 Å². The van der Waals surface area contributed by atoms with Gasteiger partial charge in [0.05, 0.1) is 6.61 Å². The highest BCUT2D eigenvalue weighted by Crippen LogP contribution is 2.30. The number of aliphatic hydroxyl groups excluding tert-OH is 1. The van der Waals surface area contributed by atoms with E-state index >= 15 is 0 Å². The fraction of sp³-hybridized carbons (Fsp3) is 0.276. The lowest BCUT2D eigenvalue weighted by Crippen LogP contribution is -2.30. The lowest BCUT2D eigenvalue weighted by atomic mass is 9.81. The molecule has 0 fully saturated rings. The van der Waals surface area contributed by atoms with E-state index in [1.165, 1.54) is 13.0 Å². The van der Waals surface area contributed by atoms with Crippen molar-refractivity contribution in [2.75, 3.05) is 6.61 Å². The number of aliphatic hydroxyl groups is 1. The van der Waals surface area contributed by atoms with E-state index in [1.54, 1.807) is 19.1 Å². The first-order valence-corrected chi connectivity index (χ1v) is 11.1. The highest BCUT2D eigenvalue weighted by Gasteiger charge is 2.28. The van der Waals surface area contributed by atoms with Crippen LogP contribution >= 0.6 is 0 Å². The SMILES string of the molecule is CC(=O)C(C)(CO)CCc1ccc(C)c(/C=C/c2cccc(-c3cccc(F)c3F)c2C)c1. The van der Waals surface area contributed by atoms with Gasteiger partial charge in [-0.1, -0.05) is 67.6 Å². The molecule has 0 bridgehead atoms. The lowest BCUT2D eigenvalue weighted by molar-refractivity contribution is -0.128. The Morgan fingerprint density at radius 2 is 1.64 bits per heavy atom. The molecule has 172 valence electrons. The van der Waals surface area contributed by atoms with Gasteiger partial charge in [-0.15, -0.1) is 0 Å². The van der Waals surface area contributed by atoms with Crippen molar-refractivity contribution in [3.8, 4) is 11.1 Å². The minimum Gasteiger partial charge on any atom is -0.395 e. The van der Waals surface area contributed by atoms with Gasteiger partial charge in [0.15, 0.2) is 11.6 Å². The molecule has 3 aromatic carbocycles. The molecule has 1 N–H and O–H groups in total. The molecule has 0 aliphatic carbocycles. The van der Waals surface area contributed by atoms with Crippen molar-refractivity contribution in [2.45, 2.75) is 40.5 Å². The average molecular weight is 449 g/mol. The molecular weight excluding hydrogens is 418 g/mol. The van der Waals surface area contributed by atoms with Crippen LogP contribution in [0.2, 0.25) is 0 Å². The first-order valence-electron chi connectivity index (χ1n) is 11.1. The molecule has 0 aliphatic heterocycles. The van der Waals surface area contributed by atoms with Crippen LogP contribution in [-0.4, -0.2) is 17.5 Å². The van der Waals surface area contributed by atoms with E-state index < -0.39 is 17.0 Å². The summed E-state index contributed by atoms with van der Waals surface area (Å²) in [5, 5.41) is 9.63. The molecule has 4 heteroatoms. The molecule has 2 nitrogen and oxygen atoms in total. The number of hydrogen-bond acceptors (Lipinski definition) is 2. The van der Waals surface area contributed by atoms with E-state index in [-0.39, 0.29) is 18.0 Å². The normalized spacial score (nSPS) is 13.3. The molecule has 0 radical (unpaired) electrons. The lowest BCUT2D eigenvalue weighted by Gasteiger charge is -2.24. The summed E-state index contributed by atoms with van der Waals surface area (Å²) in [5.41, 5.74) is 5.21. The third-order valence-corrected chi connectivity index (χ3v) is 6.57. The summed E-state index contributed by atoms with van der Waals surface area (Å²) < 4.78 is 28.1. The van der Waals surface area contributed by atoms with Crippen molar-refractivity contribution in [1.29, 1.82) is 0 Å². The third-order valence-electron chi connectivity index (χ3n) is 6.57. The summed E-state index contributed by atoms with van der Waals surface area (Å²) in [7, 11) is 0. The molecule has 3 aromatic rings. The Morgan fingerprint density at radius 1 is 0.970 bits per heavy atom. The number of carbonyl (C=O) groups is 1. The van der Waals surface area contributed by atoms with E-state index in [4.69, 9.17) is 0 Å². The van der Waals surface area contributed by atoms with Crippen LogP contribution < -0.4 is 0 Å². The van der Waals surface area contributed by atoms with E-state index in [1.807, 2.05) is 50.3 Å². The van der Waals surface area contributed by atoms with Crippen LogP contribution in [-0.2, 0) is 11.2 Å². The van der Waals surface area contributed by atoms with Gasteiger partial charge in [-0.3, -0.25) is 4.79 Å². The molecule has 0 amide bonds. The van der Waals surface area contributed by atoms with Crippen LogP contribution in [0.25, 0.3) is 23.3 Å². The van der Waals surface area contributed by atoms with Gasteiger partial charge in [0, 0.05) is 11.0 Å². The number of aryl methyl sites for hydroxylation is 2. The van der Waals surface area contributed by atoms with E-state index in [0.717, 1.165) is 33.9 Å². The molecular formula is C29H30F2O2. The number of halogens is 2. The van der Waals surface area contributed by atoms with Gasteiger partial charge in [0.25, 0.3) is 0 Å². The maximum atomic E-state index is 14.3. The van der Waals surface area contributed by atoms with Crippen LogP contribution in [0.3, 0.4) is 0 Å². The number of rotatable bonds is 8. The maximum absolute atomic E-state index is 14.3. The van der Waals surface area contributed by atoms with Crippen LogP contribution in [0, 0.1) is 30.9 Å². The predicted molar refractivity (Wildman–Crippen MR) is 131 cm³/mol. The molecule has 0 aromatic heterocycles. The highest BCUT2D eigenvalue weighted by atomic mass is 19.2. The minimum atomic E-state index is -0.859. The van der Waals surface area contributed by atoms with Gasteiger partial charge in [-0.05, 0) is 73.1 Å². The van der Waals surface area contributed by atoms with Crippen LogP contribution in [0.15, 0.2) is 54.6 Å². The third kappa shape index (κ3) is 5.45. The summed E-state index contributed by atoms with van der Waals surface area (Å²) >= 11 is 0. The van der Waals surface area contributed by atoms with Gasteiger partial charge >= 0.3 is 0 Å². The van der Waals surface area contributed by atoms with Gasteiger partial charge < -0.3 is 5.11 Å². The second-order valence-corrected chi connectivity index (χ2v) is 8.92. The van der Waals surface area contributed by atoms with Gasteiger partial charge in [-0.2, -0.15) is 0 Å². The van der Waals surface area contributed by atoms with Crippen LogP contribution in [0.5, 0.6) is 0 Å². The molecule has 1 unspecified atom stereocenters. The Labute approximate surface area is 194 Å². The molecule has 1 atom stereocenters. The summed E-state index contributed by atoms with van der Waals surface area (Å²) in [6.45, 7) is 7.08. The number of carbonyl (C=O) groups excluding carboxylic acids is 1. The van der Waals surface area contributed by atoms with Crippen LogP contribution in [0.1, 0.15) is 48.1 Å².